The highest BCUT2D eigenvalue weighted by molar-refractivity contribution is 8.68. The topological polar surface area (TPSA) is 36.1 Å². The normalized spacial score (nSPS) is 14.6. The molecule has 0 fully saturated rings. The summed E-state index contributed by atoms with van der Waals surface area (Å²) in [6.45, 7) is 1.55. The summed E-state index contributed by atoms with van der Waals surface area (Å²) in [6, 6.07) is 8.38. The summed E-state index contributed by atoms with van der Waals surface area (Å²) in [5.74, 6) is 1.19. The lowest BCUT2D eigenvalue weighted by Crippen LogP contribution is -2.35. The maximum Gasteiger partial charge on any atom is 0.222 e. The minimum atomic E-state index is 0.261. The number of benzene rings is 1. The summed E-state index contributed by atoms with van der Waals surface area (Å²) in [7, 11) is 1.50. The average Bonchev–Trinajstić information content (AvgIpc) is 2.85. The van der Waals surface area contributed by atoms with Gasteiger partial charge in [0.2, 0.25) is 5.91 Å². The van der Waals surface area contributed by atoms with E-state index >= 15 is 0 Å². The largest absolute Gasteiger partial charge is 0.357 e. The van der Waals surface area contributed by atoms with Crippen molar-refractivity contribution in [1.29, 1.82) is 0 Å². The number of fused-ring (bicyclic) bond motifs is 3. The van der Waals surface area contributed by atoms with Gasteiger partial charge < -0.3 is 9.88 Å². The van der Waals surface area contributed by atoms with Gasteiger partial charge in [0.1, 0.15) is 0 Å². The number of H-pyrrole nitrogens is 1. The first kappa shape index (κ1) is 13.9. The number of carbonyl (C=O) groups excluding carboxylic acids is 1. The molecule has 3 rings (SSSR count). The van der Waals surface area contributed by atoms with Gasteiger partial charge in [-0.15, -0.1) is 11.7 Å². The minimum absolute atomic E-state index is 0.261. The summed E-state index contributed by atoms with van der Waals surface area (Å²) in [6.07, 6.45) is 2.48. The van der Waals surface area contributed by atoms with Gasteiger partial charge in [0.15, 0.2) is 0 Å². The molecule has 0 radical (unpaired) electrons. The van der Waals surface area contributed by atoms with Crippen LogP contribution in [0.3, 0.4) is 0 Å². The Balaban J connectivity index is 1.73. The van der Waals surface area contributed by atoms with Crippen molar-refractivity contribution in [1.82, 2.24) is 9.88 Å². The van der Waals surface area contributed by atoms with E-state index in [0.29, 0.717) is 6.42 Å². The predicted molar refractivity (Wildman–Crippen MR) is 88.1 cm³/mol. The molecule has 0 bridgehead atoms. The van der Waals surface area contributed by atoms with Crippen molar-refractivity contribution < 1.29 is 4.79 Å². The number of amides is 1. The van der Waals surface area contributed by atoms with Crippen LogP contribution in [0.2, 0.25) is 0 Å². The molecule has 106 valence electrons. The number of nitrogens with zero attached hydrogens (tertiary/aromatic N) is 1. The third-order valence-electron chi connectivity index (χ3n) is 3.86. The number of para-hydroxylation sites is 1. The van der Waals surface area contributed by atoms with E-state index in [1.807, 2.05) is 11.0 Å². The second kappa shape index (κ2) is 6.14. The standard InChI is InChI=1S/C15H18N2OS2/c18-15(6-3-9-20-19)17-8-7-12-11-4-1-2-5-13(11)16-14(12)10-17/h1-2,4-5,16,19H,3,6-10H2. The Morgan fingerprint density at radius 2 is 2.25 bits per heavy atom. The molecule has 0 atom stereocenters. The Morgan fingerprint density at radius 3 is 3.10 bits per heavy atom. The fraction of sp³-hybridized carbons (Fsp3) is 0.400. The maximum atomic E-state index is 12.2. The molecule has 0 aliphatic carbocycles. The van der Waals surface area contributed by atoms with Gasteiger partial charge in [-0.2, -0.15) is 0 Å². The number of hydrogen-bond donors (Lipinski definition) is 2. The van der Waals surface area contributed by atoms with Crippen LogP contribution in [-0.4, -0.2) is 28.1 Å². The van der Waals surface area contributed by atoms with Gasteiger partial charge in [0.05, 0.1) is 6.54 Å². The van der Waals surface area contributed by atoms with Crippen LogP contribution in [-0.2, 0) is 17.8 Å². The van der Waals surface area contributed by atoms with E-state index in [1.165, 1.54) is 33.0 Å². The number of carbonyl (C=O) groups is 1. The number of nitrogens with one attached hydrogen (secondary N) is 1. The monoisotopic (exact) mass is 306 g/mol. The van der Waals surface area contributed by atoms with E-state index < -0.39 is 0 Å². The molecule has 1 aromatic heterocycles. The fourth-order valence-corrected chi connectivity index (χ4v) is 3.51. The smallest absolute Gasteiger partial charge is 0.222 e. The molecule has 3 nitrogen and oxygen atoms in total. The molecule has 1 aliphatic heterocycles. The van der Waals surface area contributed by atoms with Crippen molar-refractivity contribution in [2.45, 2.75) is 25.8 Å². The third kappa shape index (κ3) is 2.69. The Hall–Kier alpha value is -1.07. The van der Waals surface area contributed by atoms with Gasteiger partial charge in [0, 0.05) is 35.3 Å². The van der Waals surface area contributed by atoms with Gasteiger partial charge in [0.25, 0.3) is 0 Å². The average molecular weight is 306 g/mol. The molecule has 0 spiro atoms. The summed E-state index contributed by atoms with van der Waals surface area (Å²) >= 11 is 4.10. The van der Waals surface area contributed by atoms with Gasteiger partial charge in [-0.3, -0.25) is 4.79 Å². The summed E-state index contributed by atoms with van der Waals surface area (Å²) < 4.78 is 0. The molecule has 0 saturated carbocycles. The number of thiol groups is 1. The van der Waals surface area contributed by atoms with Crippen molar-refractivity contribution in [3.05, 3.63) is 35.5 Å². The molecule has 1 N–H and O–H groups in total. The van der Waals surface area contributed by atoms with E-state index in [-0.39, 0.29) is 5.91 Å². The van der Waals surface area contributed by atoms with Crippen molar-refractivity contribution in [2.75, 3.05) is 12.3 Å². The molecule has 5 heteroatoms. The molecule has 2 heterocycles. The van der Waals surface area contributed by atoms with E-state index in [1.54, 1.807) is 0 Å². The second-order valence-electron chi connectivity index (χ2n) is 5.13. The first-order valence-electron chi connectivity index (χ1n) is 6.92. The third-order valence-corrected chi connectivity index (χ3v) is 4.88. The molecule has 0 unspecified atom stereocenters. The Kier molecular flexibility index (Phi) is 4.27. The van der Waals surface area contributed by atoms with Crippen LogP contribution in [0, 0.1) is 0 Å². The number of rotatable bonds is 4. The lowest BCUT2D eigenvalue weighted by atomic mass is 10.0. The number of aromatic amines is 1. The zero-order valence-corrected chi connectivity index (χ0v) is 13.0. The lowest BCUT2D eigenvalue weighted by Gasteiger charge is -2.27. The number of aromatic nitrogens is 1. The molecular formula is C15H18N2OS2. The highest BCUT2D eigenvalue weighted by Gasteiger charge is 2.23. The Morgan fingerprint density at radius 1 is 1.40 bits per heavy atom. The van der Waals surface area contributed by atoms with Crippen LogP contribution in [0.15, 0.2) is 24.3 Å². The predicted octanol–water partition coefficient (Wildman–Crippen LogP) is 3.41. The van der Waals surface area contributed by atoms with Gasteiger partial charge in [-0.05, 0) is 24.5 Å². The molecule has 0 saturated heterocycles. The van der Waals surface area contributed by atoms with Crippen molar-refractivity contribution in [3.63, 3.8) is 0 Å². The summed E-state index contributed by atoms with van der Waals surface area (Å²) in [5.41, 5.74) is 3.77. The van der Waals surface area contributed by atoms with Crippen molar-refractivity contribution >= 4 is 39.3 Å². The van der Waals surface area contributed by atoms with Crippen LogP contribution < -0.4 is 0 Å². The summed E-state index contributed by atoms with van der Waals surface area (Å²) in [4.78, 5) is 17.6. The van der Waals surface area contributed by atoms with Gasteiger partial charge in [-0.1, -0.05) is 29.0 Å². The van der Waals surface area contributed by atoms with E-state index in [9.17, 15) is 4.79 Å². The SMILES string of the molecule is O=C(CCCSS)N1CCc2c([nH]c3ccccc23)C1. The van der Waals surface area contributed by atoms with Crippen LogP contribution in [0.5, 0.6) is 0 Å². The molecule has 20 heavy (non-hydrogen) atoms. The van der Waals surface area contributed by atoms with Crippen LogP contribution >= 0.6 is 22.5 Å². The molecule has 1 aliphatic rings. The second-order valence-corrected chi connectivity index (χ2v) is 6.57. The highest BCUT2D eigenvalue weighted by Crippen LogP contribution is 2.27. The molecule has 2 aromatic rings. The maximum absolute atomic E-state index is 12.2. The molecule has 1 aromatic carbocycles. The van der Waals surface area contributed by atoms with Crippen molar-refractivity contribution in [3.8, 4) is 0 Å². The molecule has 1 amide bonds. The van der Waals surface area contributed by atoms with Crippen LogP contribution in [0.25, 0.3) is 10.9 Å². The van der Waals surface area contributed by atoms with Crippen molar-refractivity contribution in [2.24, 2.45) is 0 Å². The van der Waals surface area contributed by atoms with Crippen LogP contribution in [0.1, 0.15) is 24.1 Å². The van der Waals surface area contributed by atoms with Gasteiger partial charge in [-0.25, -0.2) is 0 Å². The summed E-state index contributed by atoms with van der Waals surface area (Å²) in [5, 5.41) is 1.31. The highest BCUT2D eigenvalue weighted by atomic mass is 33.1. The fourth-order valence-electron chi connectivity index (χ4n) is 2.85. The quantitative estimate of drug-likeness (QED) is 0.516. The minimum Gasteiger partial charge on any atom is -0.357 e. The number of hydrogen-bond acceptors (Lipinski definition) is 3. The molecular weight excluding hydrogens is 288 g/mol. The van der Waals surface area contributed by atoms with E-state index in [2.05, 4.69) is 34.8 Å². The van der Waals surface area contributed by atoms with Gasteiger partial charge >= 0.3 is 0 Å². The first-order chi connectivity index (χ1) is 9.79. The Labute approximate surface area is 127 Å². The zero-order valence-electron chi connectivity index (χ0n) is 11.3. The first-order valence-corrected chi connectivity index (χ1v) is 8.96. The van der Waals surface area contributed by atoms with E-state index in [0.717, 1.165) is 31.7 Å². The van der Waals surface area contributed by atoms with E-state index in [4.69, 9.17) is 0 Å². The lowest BCUT2D eigenvalue weighted by molar-refractivity contribution is -0.132. The Bertz CT molecular complexity index is 623. The zero-order chi connectivity index (χ0) is 13.9. The van der Waals surface area contributed by atoms with Crippen LogP contribution in [0.4, 0.5) is 0 Å².